The Morgan fingerprint density at radius 3 is 2.02 bits per heavy atom. The summed E-state index contributed by atoms with van der Waals surface area (Å²) in [5, 5.41) is 13.4. The van der Waals surface area contributed by atoms with Crippen LogP contribution in [0.1, 0.15) is 67.9 Å². The minimum Gasteiger partial charge on any atom is -0.478 e. The zero-order valence-electron chi connectivity index (χ0n) is 26.7. The number of hydrogen-bond acceptors (Lipinski definition) is 4. The number of rotatable bonds is 10. The van der Waals surface area contributed by atoms with Gasteiger partial charge in [0, 0.05) is 56.2 Å². The number of carboxylic acid groups (broad SMARTS) is 1. The Kier molecular flexibility index (Phi) is 10.2. The maximum Gasteiger partial charge on any atom is 0.331 e. The Labute approximate surface area is 244 Å². The summed E-state index contributed by atoms with van der Waals surface area (Å²) in [4.78, 5) is 55.4. The van der Waals surface area contributed by atoms with E-state index in [1.807, 2.05) is 90.5 Å². The maximum atomic E-state index is 14.2. The lowest BCUT2D eigenvalue weighted by molar-refractivity contribution is -0.144. The summed E-state index contributed by atoms with van der Waals surface area (Å²) in [6.07, 6.45) is 3.56. The van der Waals surface area contributed by atoms with Gasteiger partial charge < -0.3 is 24.8 Å². The van der Waals surface area contributed by atoms with Gasteiger partial charge in [-0.3, -0.25) is 14.4 Å². The van der Waals surface area contributed by atoms with Crippen molar-refractivity contribution in [1.82, 2.24) is 19.7 Å². The second-order valence-electron chi connectivity index (χ2n) is 13.1. The Balaban J connectivity index is 2.58. The van der Waals surface area contributed by atoms with Crippen molar-refractivity contribution in [3.63, 3.8) is 0 Å². The molecule has 0 spiro atoms. The fourth-order valence-corrected chi connectivity index (χ4v) is 5.47. The van der Waals surface area contributed by atoms with Gasteiger partial charge in [-0.15, -0.1) is 0 Å². The van der Waals surface area contributed by atoms with E-state index in [0.29, 0.717) is 0 Å². The van der Waals surface area contributed by atoms with E-state index in [2.05, 4.69) is 5.32 Å². The average molecular weight is 569 g/mol. The topological polar surface area (TPSA) is 112 Å². The molecule has 1 aromatic carbocycles. The lowest BCUT2D eigenvalue weighted by Crippen LogP contribution is -2.62. The number of aliphatic carboxylic acids is 1. The van der Waals surface area contributed by atoms with Crippen molar-refractivity contribution >= 4 is 34.6 Å². The molecule has 9 nitrogen and oxygen atoms in total. The summed E-state index contributed by atoms with van der Waals surface area (Å²) in [5.74, 6) is -2.19. The molecule has 9 heteroatoms. The minimum absolute atomic E-state index is 0.0727. The van der Waals surface area contributed by atoms with E-state index in [1.54, 1.807) is 20.2 Å². The molecule has 3 amide bonds. The standard InChI is InChI=1S/C32H48N4O5/c1-19(2)25(17-20(3)30(40)41)36(12)29(39)26(31(5,6)7)33-28(38)27(35(11)21(4)37)32(8,9)23-18-34(10)24-16-14-13-15-22(23)24/h13-19,25-27H,1-12H3,(H,33,38)(H,40,41)/t25-,26-,27?/m1/s1. The molecular weight excluding hydrogens is 520 g/mol. The highest BCUT2D eigenvalue weighted by atomic mass is 16.4. The molecule has 0 saturated heterocycles. The van der Waals surface area contributed by atoms with E-state index in [1.165, 1.54) is 23.6 Å². The fourth-order valence-electron chi connectivity index (χ4n) is 5.47. The van der Waals surface area contributed by atoms with Crippen molar-refractivity contribution in [1.29, 1.82) is 0 Å². The molecule has 41 heavy (non-hydrogen) atoms. The quantitative estimate of drug-likeness (QED) is 0.414. The number of carbonyl (C=O) groups is 4. The number of likely N-dealkylation sites (N-methyl/N-ethyl adjacent to an activating group) is 2. The molecule has 1 unspecified atom stereocenters. The first-order chi connectivity index (χ1) is 18.7. The van der Waals surface area contributed by atoms with Gasteiger partial charge in [0.05, 0.1) is 6.04 Å². The number of nitrogens with one attached hydrogen (secondary N) is 1. The van der Waals surface area contributed by atoms with Crippen LogP contribution < -0.4 is 5.32 Å². The molecule has 3 atom stereocenters. The van der Waals surface area contributed by atoms with Crippen LogP contribution in [0.15, 0.2) is 42.1 Å². The van der Waals surface area contributed by atoms with Crippen LogP contribution in [0, 0.1) is 11.3 Å². The summed E-state index contributed by atoms with van der Waals surface area (Å²) >= 11 is 0. The van der Waals surface area contributed by atoms with Crippen LogP contribution in [0.2, 0.25) is 0 Å². The zero-order valence-corrected chi connectivity index (χ0v) is 26.7. The predicted molar refractivity (Wildman–Crippen MR) is 162 cm³/mol. The number of para-hydroxylation sites is 1. The number of carbonyl (C=O) groups excluding carboxylic acids is 3. The van der Waals surface area contributed by atoms with Gasteiger partial charge >= 0.3 is 5.97 Å². The molecule has 0 bridgehead atoms. The van der Waals surface area contributed by atoms with Crippen molar-refractivity contribution in [3.05, 3.63) is 47.7 Å². The van der Waals surface area contributed by atoms with Crippen LogP contribution in [0.5, 0.6) is 0 Å². The second kappa shape index (κ2) is 12.5. The molecule has 226 valence electrons. The van der Waals surface area contributed by atoms with Crippen LogP contribution in [0.3, 0.4) is 0 Å². The number of amides is 3. The number of fused-ring (bicyclic) bond motifs is 1. The molecule has 1 heterocycles. The Hall–Kier alpha value is -3.62. The van der Waals surface area contributed by atoms with Gasteiger partial charge in [-0.25, -0.2) is 4.79 Å². The summed E-state index contributed by atoms with van der Waals surface area (Å²) < 4.78 is 2.00. The number of hydrogen-bond donors (Lipinski definition) is 2. The van der Waals surface area contributed by atoms with Crippen LogP contribution in [0.25, 0.3) is 10.9 Å². The monoisotopic (exact) mass is 568 g/mol. The molecule has 0 fully saturated rings. The number of aryl methyl sites for hydroxylation is 1. The van der Waals surface area contributed by atoms with Crippen LogP contribution >= 0.6 is 0 Å². The summed E-state index contributed by atoms with van der Waals surface area (Å²) in [6, 6.07) is 5.55. The molecule has 0 aliphatic heterocycles. The Morgan fingerprint density at radius 2 is 1.54 bits per heavy atom. The van der Waals surface area contributed by atoms with E-state index in [4.69, 9.17) is 0 Å². The fraction of sp³-hybridized carbons (Fsp3) is 0.562. The van der Waals surface area contributed by atoms with Gasteiger partial charge in [0.2, 0.25) is 17.7 Å². The molecule has 0 aliphatic rings. The summed E-state index contributed by atoms with van der Waals surface area (Å²) in [6.45, 7) is 16.2. The van der Waals surface area contributed by atoms with Crippen molar-refractivity contribution in [2.24, 2.45) is 18.4 Å². The third-order valence-corrected chi connectivity index (χ3v) is 8.04. The number of nitrogens with zero attached hydrogens (tertiary/aromatic N) is 3. The van der Waals surface area contributed by atoms with Gasteiger partial charge in [0.25, 0.3) is 0 Å². The van der Waals surface area contributed by atoms with E-state index >= 15 is 0 Å². The third-order valence-electron chi connectivity index (χ3n) is 8.04. The number of aromatic nitrogens is 1. The number of benzene rings is 1. The maximum absolute atomic E-state index is 14.2. The van der Waals surface area contributed by atoms with Crippen molar-refractivity contribution in [2.45, 2.75) is 85.9 Å². The first kappa shape index (κ1) is 33.6. The third kappa shape index (κ3) is 7.18. The molecular formula is C32H48N4O5. The normalized spacial score (nSPS) is 14.9. The highest BCUT2D eigenvalue weighted by Crippen LogP contribution is 2.37. The van der Waals surface area contributed by atoms with Gasteiger partial charge in [0.15, 0.2) is 0 Å². The van der Waals surface area contributed by atoms with Crippen LogP contribution in [-0.4, -0.2) is 75.4 Å². The number of carboxylic acids is 1. The highest BCUT2D eigenvalue weighted by molar-refractivity contribution is 5.95. The molecule has 2 rings (SSSR count). The predicted octanol–water partition coefficient (Wildman–Crippen LogP) is 4.35. The van der Waals surface area contributed by atoms with E-state index in [9.17, 15) is 24.3 Å². The molecule has 0 aliphatic carbocycles. The van der Waals surface area contributed by atoms with E-state index in [0.717, 1.165) is 16.5 Å². The SMILES string of the molecule is CC(=O)N(C)C(C(=O)N[C@H](C(=O)N(C)[C@H](C=C(C)C(=O)O)C(C)C)C(C)(C)C)C(C)(C)c1cn(C)c2ccccc12. The lowest BCUT2D eigenvalue weighted by atomic mass is 9.75. The largest absolute Gasteiger partial charge is 0.478 e. The van der Waals surface area contributed by atoms with Gasteiger partial charge in [-0.1, -0.05) is 72.7 Å². The second-order valence-corrected chi connectivity index (χ2v) is 13.1. The summed E-state index contributed by atoms with van der Waals surface area (Å²) in [5.41, 5.74) is 0.546. The first-order valence-corrected chi connectivity index (χ1v) is 14.0. The smallest absolute Gasteiger partial charge is 0.331 e. The van der Waals surface area contributed by atoms with Gasteiger partial charge in [0.1, 0.15) is 12.1 Å². The molecule has 2 N–H and O–H groups in total. The Bertz CT molecular complexity index is 1330. The van der Waals surface area contributed by atoms with Gasteiger partial charge in [-0.2, -0.15) is 0 Å². The summed E-state index contributed by atoms with van der Waals surface area (Å²) in [7, 11) is 5.18. The van der Waals surface area contributed by atoms with Crippen LogP contribution in [0.4, 0.5) is 0 Å². The van der Waals surface area contributed by atoms with Crippen molar-refractivity contribution < 1.29 is 24.3 Å². The van der Waals surface area contributed by atoms with E-state index in [-0.39, 0.29) is 23.3 Å². The first-order valence-electron chi connectivity index (χ1n) is 14.0. The molecule has 2 aromatic rings. The minimum atomic E-state index is -1.05. The van der Waals surface area contributed by atoms with Gasteiger partial charge in [-0.05, 0) is 29.9 Å². The Morgan fingerprint density at radius 1 is 0.976 bits per heavy atom. The van der Waals surface area contributed by atoms with E-state index < -0.39 is 40.8 Å². The van der Waals surface area contributed by atoms with Crippen molar-refractivity contribution in [3.8, 4) is 0 Å². The highest BCUT2D eigenvalue weighted by Gasteiger charge is 2.45. The van der Waals surface area contributed by atoms with Crippen LogP contribution in [-0.2, 0) is 31.6 Å². The lowest BCUT2D eigenvalue weighted by Gasteiger charge is -2.42. The van der Waals surface area contributed by atoms with Crippen molar-refractivity contribution in [2.75, 3.05) is 14.1 Å². The molecule has 1 aromatic heterocycles. The average Bonchev–Trinajstić information content (AvgIpc) is 3.21. The molecule has 0 radical (unpaired) electrons. The zero-order chi connectivity index (χ0) is 31.6. The molecule has 0 saturated carbocycles.